The Morgan fingerprint density at radius 2 is 1.75 bits per heavy atom. The summed E-state index contributed by atoms with van der Waals surface area (Å²) in [6.07, 6.45) is 0.873. The zero-order valence-electron chi connectivity index (χ0n) is 12.5. The fourth-order valence-corrected chi connectivity index (χ4v) is 2.29. The zero-order chi connectivity index (χ0) is 14.5. The second kappa shape index (κ2) is 6.56. The van der Waals surface area contributed by atoms with Crippen molar-refractivity contribution in [1.29, 1.82) is 0 Å². The maximum absolute atomic E-state index is 11.9. The molecule has 0 bridgehead atoms. The molecule has 1 unspecified atom stereocenters. The smallest absolute Gasteiger partial charge is 0.223 e. The van der Waals surface area contributed by atoms with Crippen molar-refractivity contribution < 1.29 is 4.79 Å². The first-order chi connectivity index (χ1) is 9.59. The third kappa shape index (κ3) is 3.38. The third-order valence-corrected chi connectivity index (χ3v) is 3.99. The van der Waals surface area contributed by atoms with Gasteiger partial charge in [-0.15, -0.1) is 0 Å². The Bertz CT molecular complexity index is 583. The summed E-state index contributed by atoms with van der Waals surface area (Å²) in [4.78, 5) is 11.9. The number of fused-ring (bicyclic) bond motifs is 1. The largest absolute Gasteiger partial charge is 0.356 e. The molecule has 1 atom stereocenters. The topological polar surface area (TPSA) is 29.1 Å². The molecule has 1 amide bonds. The van der Waals surface area contributed by atoms with Gasteiger partial charge in [0, 0.05) is 12.5 Å². The Morgan fingerprint density at radius 1 is 1.05 bits per heavy atom. The lowest BCUT2D eigenvalue weighted by molar-refractivity contribution is -0.125. The van der Waals surface area contributed by atoms with Gasteiger partial charge in [0.15, 0.2) is 0 Å². The molecule has 2 aromatic rings. The molecule has 2 rings (SSSR count). The molecule has 0 saturated carbocycles. The van der Waals surface area contributed by atoms with Gasteiger partial charge in [-0.05, 0) is 28.7 Å². The van der Waals surface area contributed by atoms with Crippen molar-refractivity contribution in [1.82, 2.24) is 5.32 Å². The highest BCUT2D eigenvalue weighted by Gasteiger charge is 2.15. The Labute approximate surface area is 121 Å². The number of carbonyl (C=O) groups excluding carboxylic acids is 1. The van der Waals surface area contributed by atoms with Crippen LogP contribution in [0, 0.1) is 11.8 Å². The molecule has 0 heterocycles. The number of hydrogen-bond donors (Lipinski definition) is 1. The number of rotatable bonds is 5. The van der Waals surface area contributed by atoms with Crippen LogP contribution in [0.1, 0.15) is 26.3 Å². The van der Waals surface area contributed by atoms with E-state index in [2.05, 4.69) is 61.6 Å². The van der Waals surface area contributed by atoms with Crippen LogP contribution in [0.3, 0.4) is 0 Å². The van der Waals surface area contributed by atoms with Gasteiger partial charge >= 0.3 is 0 Å². The number of hydrogen-bond acceptors (Lipinski definition) is 1. The summed E-state index contributed by atoms with van der Waals surface area (Å²) in [6.45, 7) is 6.84. The minimum absolute atomic E-state index is 0.0718. The molecular formula is C18H23NO. The summed E-state index contributed by atoms with van der Waals surface area (Å²) in [6, 6.07) is 14.7. The molecule has 2 aromatic carbocycles. The molecule has 0 aromatic heterocycles. The van der Waals surface area contributed by atoms with Gasteiger partial charge < -0.3 is 5.32 Å². The molecule has 0 aliphatic heterocycles. The third-order valence-electron chi connectivity index (χ3n) is 3.99. The molecule has 0 saturated heterocycles. The van der Waals surface area contributed by atoms with Crippen LogP contribution < -0.4 is 5.32 Å². The lowest BCUT2D eigenvalue weighted by Gasteiger charge is -2.15. The van der Waals surface area contributed by atoms with E-state index in [0.717, 1.165) is 6.42 Å². The van der Waals surface area contributed by atoms with Crippen LogP contribution >= 0.6 is 0 Å². The quantitative estimate of drug-likeness (QED) is 0.879. The van der Waals surface area contributed by atoms with E-state index >= 15 is 0 Å². The molecular weight excluding hydrogens is 246 g/mol. The van der Waals surface area contributed by atoms with Crippen molar-refractivity contribution >= 4 is 16.7 Å². The Morgan fingerprint density at radius 3 is 2.50 bits per heavy atom. The van der Waals surface area contributed by atoms with Crippen LogP contribution in [0.4, 0.5) is 0 Å². The maximum atomic E-state index is 11.9. The first-order valence-corrected chi connectivity index (χ1v) is 7.34. The number of nitrogens with one attached hydrogen (secondary N) is 1. The standard InChI is InChI=1S/C18H23NO/c1-13(2)14(3)18(20)19-12-11-16-9-6-8-15-7-4-5-10-17(15)16/h4-10,13-14H,11-12H2,1-3H3,(H,19,20). The van der Waals surface area contributed by atoms with Crippen molar-refractivity contribution in [2.75, 3.05) is 6.54 Å². The average Bonchev–Trinajstić information content (AvgIpc) is 2.46. The molecule has 0 aliphatic rings. The van der Waals surface area contributed by atoms with Gasteiger partial charge in [-0.1, -0.05) is 63.2 Å². The summed E-state index contributed by atoms with van der Waals surface area (Å²) in [5.74, 6) is 0.607. The van der Waals surface area contributed by atoms with E-state index in [9.17, 15) is 4.79 Å². The molecule has 0 fully saturated rings. The zero-order valence-corrected chi connectivity index (χ0v) is 12.5. The van der Waals surface area contributed by atoms with E-state index in [-0.39, 0.29) is 11.8 Å². The molecule has 2 heteroatoms. The van der Waals surface area contributed by atoms with E-state index in [1.165, 1.54) is 16.3 Å². The van der Waals surface area contributed by atoms with E-state index in [1.807, 2.05) is 6.92 Å². The van der Waals surface area contributed by atoms with Crippen molar-refractivity contribution in [2.45, 2.75) is 27.2 Å². The maximum Gasteiger partial charge on any atom is 0.223 e. The average molecular weight is 269 g/mol. The summed E-state index contributed by atoms with van der Waals surface area (Å²) >= 11 is 0. The second-order valence-electron chi connectivity index (χ2n) is 5.71. The SMILES string of the molecule is CC(C)C(C)C(=O)NCCc1cccc2ccccc12. The molecule has 106 valence electrons. The Balaban J connectivity index is 1.98. The monoisotopic (exact) mass is 269 g/mol. The van der Waals surface area contributed by atoms with Crippen molar-refractivity contribution in [3.63, 3.8) is 0 Å². The van der Waals surface area contributed by atoms with E-state index < -0.39 is 0 Å². The van der Waals surface area contributed by atoms with Crippen LogP contribution in [-0.4, -0.2) is 12.5 Å². The van der Waals surface area contributed by atoms with Crippen LogP contribution in [-0.2, 0) is 11.2 Å². The fraction of sp³-hybridized carbons (Fsp3) is 0.389. The first-order valence-electron chi connectivity index (χ1n) is 7.34. The summed E-state index contributed by atoms with van der Waals surface area (Å²) in [5, 5.41) is 5.57. The van der Waals surface area contributed by atoms with Crippen LogP contribution in [0.15, 0.2) is 42.5 Å². The molecule has 0 radical (unpaired) electrons. The van der Waals surface area contributed by atoms with Crippen molar-refractivity contribution in [2.24, 2.45) is 11.8 Å². The van der Waals surface area contributed by atoms with Gasteiger partial charge in [-0.3, -0.25) is 4.79 Å². The Kier molecular flexibility index (Phi) is 4.78. The van der Waals surface area contributed by atoms with Crippen LogP contribution in [0.5, 0.6) is 0 Å². The summed E-state index contributed by atoms with van der Waals surface area (Å²) in [5.41, 5.74) is 1.29. The fourth-order valence-electron chi connectivity index (χ4n) is 2.29. The van der Waals surface area contributed by atoms with E-state index in [0.29, 0.717) is 12.5 Å². The molecule has 20 heavy (non-hydrogen) atoms. The van der Waals surface area contributed by atoms with Crippen LogP contribution in [0.2, 0.25) is 0 Å². The number of carbonyl (C=O) groups is 1. The van der Waals surface area contributed by atoms with Crippen molar-refractivity contribution in [3.8, 4) is 0 Å². The number of benzene rings is 2. The lowest BCUT2D eigenvalue weighted by atomic mass is 9.97. The van der Waals surface area contributed by atoms with Gasteiger partial charge in [0.25, 0.3) is 0 Å². The van der Waals surface area contributed by atoms with E-state index in [4.69, 9.17) is 0 Å². The normalized spacial score (nSPS) is 12.6. The van der Waals surface area contributed by atoms with Gasteiger partial charge in [0.2, 0.25) is 5.91 Å². The minimum atomic E-state index is 0.0718. The number of amides is 1. The van der Waals surface area contributed by atoms with E-state index in [1.54, 1.807) is 0 Å². The van der Waals surface area contributed by atoms with Crippen molar-refractivity contribution in [3.05, 3.63) is 48.0 Å². The molecule has 0 spiro atoms. The predicted molar refractivity (Wildman–Crippen MR) is 84.7 cm³/mol. The first kappa shape index (κ1) is 14.6. The van der Waals surface area contributed by atoms with Crippen LogP contribution in [0.25, 0.3) is 10.8 Å². The highest BCUT2D eigenvalue weighted by Crippen LogP contribution is 2.18. The summed E-state index contributed by atoms with van der Waals surface area (Å²) in [7, 11) is 0. The minimum Gasteiger partial charge on any atom is -0.356 e. The molecule has 1 N–H and O–H groups in total. The predicted octanol–water partition coefficient (Wildman–Crippen LogP) is 3.79. The highest BCUT2D eigenvalue weighted by atomic mass is 16.1. The van der Waals surface area contributed by atoms with Gasteiger partial charge in [-0.25, -0.2) is 0 Å². The lowest BCUT2D eigenvalue weighted by Crippen LogP contribution is -2.33. The van der Waals surface area contributed by atoms with Gasteiger partial charge in [-0.2, -0.15) is 0 Å². The summed E-state index contributed by atoms with van der Waals surface area (Å²) < 4.78 is 0. The second-order valence-corrected chi connectivity index (χ2v) is 5.71. The molecule has 2 nitrogen and oxygen atoms in total. The van der Waals surface area contributed by atoms with Gasteiger partial charge in [0.05, 0.1) is 0 Å². The highest BCUT2D eigenvalue weighted by molar-refractivity contribution is 5.85. The Hall–Kier alpha value is -1.83. The van der Waals surface area contributed by atoms with Gasteiger partial charge in [0.1, 0.15) is 0 Å². The molecule has 0 aliphatic carbocycles.